The molecule has 0 aliphatic rings. The van der Waals surface area contributed by atoms with Crippen LogP contribution in [0.1, 0.15) is 0 Å². The van der Waals surface area contributed by atoms with Gasteiger partial charge in [-0.15, -0.1) is 0 Å². The first-order valence-corrected chi connectivity index (χ1v) is 8.81. The van der Waals surface area contributed by atoms with Gasteiger partial charge in [0.05, 0.1) is 35.0 Å². The molecule has 0 radical (unpaired) electrons. The lowest BCUT2D eigenvalue weighted by molar-refractivity contribution is 0.187. The molecule has 0 fully saturated rings. The highest BCUT2D eigenvalue weighted by molar-refractivity contribution is 6.15. The van der Waals surface area contributed by atoms with Gasteiger partial charge < -0.3 is 18.6 Å². The van der Waals surface area contributed by atoms with E-state index >= 15 is 0 Å². The summed E-state index contributed by atoms with van der Waals surface area (Å²) in [5.41, 5.74) is -1.38. The number of hydrogen-bond donors (Lipinski definition) is 0. The van der Waals surface area contributed by atoms with Crippen LogP contribution in [-0.2, 0) is 22.6 Å². The fourth-order valence-electron chi connectivity index (χ4n) is 3.79. The van der Waals surface area contributed by atoms with Crippen molar-refractivity contribution in [1.82, 2.24) is 9.13 Å². The topological polar surface area (TPSA) is 96.6 Å². The summed E-state index contributed by atoms with van der Waals surface area (Å²) in [7, 11) is 3.04. The second-order valence-corrected chi connectivity index (χ2v) is 6.58. The monoisotopic (exact) mass is 382 g/mol. The van der Waals surface area contributed by atoms with Crippen molar-refractivity contribution in [3.8, 4) is 0 Å². The second kappa shape index (κ2) is 6.81. The lowest BCUT2D eigenvalue weighted by Gasteiger charge is -2.09. The summed E-state index contributed by atoms with van der Waals surface area (Å²) in [6.45, 7) is 1.01. The van der Waals surface area contributed by atoms with E-state index in [0.29, 0.717) is 32.6 Å². The van der Waals surface area contributed by atoms with Gasteiger partial charge in [0.25, 0.3) is 22.0 Å². The van der Waals surface area contributed by atoms with Crippen molar-refractivity contribution >= 4 is 32.6 Å². The lowest BCUT2D eigenvalue weighted by atomic mass is 10.0. The molecule has 0 unspecified atom stereocenters. The molecule has 144 valence electrons. The summed E-state index contributed by atoms with van der Waals surface area (Å²) in [4.78, 5) is 49.7. The standard InChI is InChI=1S/C20H18N2O6/c1-27-9-7-21-15-11-3-6-14-16(22(8-10-28-2)20(26)18(14)24)12(11)4-5-13(15)17(23)19(21)25/h3-6H,7-10H2,1-2H3. The van der Waals surface area contributed by atoms with E-state index in [4.69, 9.17) is 9.47 Å². The smallest absolute Gasteiger partial charge is 0.299 e. The summed E-state index contributed by atoms with van der Waals surface area (Å²) < 4.78 is 12.9. The average molecular weight is 382 g/mol. The zero-order valence-corrected chi connectivity index (χ0v) is 15.5. The van der Waals surface area contributed by atoms with E-state index in [-0.39, 0.29) is 26.3 Å². The van der Waals surface area contributed by atoms with Crippen LogP contribution in [0.5, 0.6) is 0 Å². The van der Waals surface area contributed by atoms with E-state index in [9.17, 15) is 19.2 Å². The van der Waals surface area contributed by atoms with Gasteiger partial charge in [0.15, 0.2) is 0 Å². The Hall–Kier alpha value is -3.10. The molecule has 0 amide bonds. The van der Waals surface area contributed by atoms with Crippen molar-refractivity contribution in [2.45, 2.75) is 13.1 Å². The molecule has 0 saturated carbocycles. The minimum atomic E-state index is -0.608. The van der Waals surface area contributed by atoms with Crippen molar-refractivity contribution in [3.63, 3.8) is 0 Å². The first-order valence-electron chi connectivity index (χ1n) is 8.81. The van der Waals surface area contributed by atoms with Gasteiger partial charge in [0.2, 0.25) is 0 Å². The third-order valence-electron chi connectivity index (χ3n) is 5.09. The average Bonchev–Trinajstić information content (AvgIpc) is 3.10. The minimum absolute atomic E-state index is 0.232. The number of fused-ring (bicyclic) bond motifs is 5. The molecule has 2 aromatic heterocycles. The van der Waals surface area contributed by atoms with Crippen LogP contribution in [0.15, 0.2) is 43.4 Å². The van der Waals surface area contributed by atoms with Gasteiger partial charge in [-0.25, -0.2) is 0 Å². The summed E-state index contributed by atoms with van der Waals surface area (Å²) in [6, 6.07) is 6.52. The molecule has 0 bridgehead atoms. The molecule has 8 heteroatoms. The molecular weight excluding hydrogens is 364 g/mol. The second-order valence-electron chi connectivity index (χ2n) is 6.58. The summed E-state index contributed by atoms with van der Waals surface area (Å²) in [5, 5.41) is 1.90. The maximum absolute atomic E-state index is 12.4. The van der Waals surface area contributed by atoms with Crippen LogP contribution < -0.4 is 22.0 Å². The van der Waals surface area contributed by atoms with Gasteiger partial charge in [-0.3, -0.25) is 19.2 Å². The Bertz CT molecular complexity index is 1310. The largest absolute Gasteiger partial charge is 0.383 e. The molecule has 8 nitrogen and oxygen atoms in total. The fourth-order valence-corrected chi connectivity index (χ4v) is 3.79. The number of aromatic nitrogens is 2. The van der Waals surface area contributed by atoms with Crippen molar-refractivity contribution in [1.29, 1.82) is 0 Å². The molecule has 0 saturated heterocycles. The molecule has 0 aliphatic carbocycles. The Labute approximate surface area is 157 Å². The number of ether oxygens (including phenoxy) is 2. The molecule has 0 aliphatic heterocycles. The van der Waals surface area contributed by atoms with Crippen LogP contribution >= 0.6 is 0 Å². The zero-order valence-electron chi connectivity index (χ0n) is 15.5. The molecule has 4 aromatic rings. The van der Waals surface area contributed by atoms with Crippen molar-refractivity contribution in [2.75, 3.05) is 27.4 Å². The van der Waals surface area contributed by atoms with Gasteiger partial charge in [0.1, 0.15) is 0 Å². The van der Waals surface area contributed by atoms with Crippen LogP contribution in [0.25, 0.3) is 32.6 Å². The van der Waals surface area contributed by atoms with Gasteiger partial charge in [-0.1, -0.05) is 12.1 Å². The number of benzene rings is 2. The van der Waals surface area contributed by atoms with E-state index in [2.05, 4.69) is 0 Å². The SMILES string of the molecule is COCCn1c(=O)c(=O)c2ccc3c(ccc4c(=O)c(=O)n(CCOC)c43)c21. The summed E-state index contributed by atoms with van der Waals surface area (Å²) in [6.07, 6.45) is 0. The van der Waals surface area contributed by atoms with Crippen LogP contribution in [0.2, 0.25) is 0 Å². The Kier molecular flexibility index (Phi) is 4.44. The van der Waals surface area contributed by atoms with Crippen molar-refractivity contribution in [3.05, 3.63) is 65.4 Å². The van der Waals surface area contributed by atoms with Crippen LogP contribution in [0.3, 0.4) is 0 Å². The molecular formula is C20H18N2O6. The molecule has 28 heavy (non-hydrogen) atoms. The normalized spacial score (nSPS) is 11.9. The third-order valence-corrected chi connectivity index (χ3v) is 5.09. The summed E-state index contributed by atoms with van der Waals surface area (Å²) in [5.74, 6) is 0. The third kappa shape index (κ3) is 2.45. The zero-order chi connectivity index (χ0) is 20.0. The highest BCUT2D eigenvalue weighted by Crippen LogP contribution is 2.28. The molecule has 0 spiro atoms. The molecule has 2 aromatic carbocycles. The van der Waals surface area contributed by atoms with Gasteiger partial charge in [-0.05, 0) is 12.1 Å². The molecule has 4 rings (SSSR count). The predicted molar refractivity (Wildman–Crippen MR) is 106 cm³/mol. The Balaban J connectivity index is 2.17. The lowest BCUT2D eigenvalue weighted by Crippen LogP contribution is -2.28. The van der Waals surface area contributed by atoms with Crippen LogP contribution in [0, 0.1) is 0 Å². The molecule has 2 heterocycles. The van der Waals surface area contributed by atoms with E-state index in [1.165, 1.54) is 23.4 Å². The van der Waals surface area contributed by atoms with Gasteiger partial charge in [-0.2, -0.15) is 0 Å². The quantitative estimate of drug-likeness (QED) is 0.447. The highest BCUT2D eigenvalue weighted by Gasteiger charge is 2.20. The van der Waals surface area contributed by atoms with Crippen LogP contribution in [-0.4, -0.2) is 36.6 Å². The van der Waals surface area contributed by atoms with E-state index in [0.717, 1.165) is 0 Å². The minimum Gasteiger partial charge on any atom is -0.383 e. The number of nitrogens with zero attached hydrogens (tertiary/aromatic N) is 2. The Morgan fingerprint density at radius 2 is 1.00 bits per heavy atom. The van der Waals surface area contributed by atoms with Gasteiger partial charge >= 0.3 is 0 Å². The Morgan fingerprint density at radius 3 is 1.36 bits per heavy atom. The summed E-state index contributed by atoms with van der Waals surface area (Å²) >= 11 is 0. The number of rotatable bonds is 6. The maximum atomic E-state index is 12.4. The maximum Gasteiger partial charge on any atom is 0.299 e. The number of hydrogen-bond acceptors (Lipinski definition) is 6. The highest BCUT2D eigenvalue weighted by atomic mass is 16.5. The van der Waals surface area contributed by atoms with E-state index in [1.54, 1.807) is 24.3 Å². The first kappa shape index (κ1) is 18.3. The van der Waals surface area contributed by atoms with Crippen LogP contribution in [0.4, 0.5) is 0 Å². The fraction of sp³-hybridized carbons (Fsp3) is 0.300. The van der Waals surface area contributed by atoms with Crippen molar-refractivity contribution < 1.29 is 9.47 Å². The van der Waals surface area contributed by atoms with E-state index < -0.39 is 22.0 Å². The molecule has 0 atom stereocenters. The molecule has 0 N–H and O–H groups in total. The first-order chi connectivity index (χ1) is 13.5. The Morgan fingerprint density at radius 1 is 0.643 bits per heavy atom. The predicted octanol–water partition coefficient (Wildman–Crippen LogP) is 0.358. The van der Waals surface area contributed by atoms with E-state index in [1.807, 2.05) is 0 Å². The number of methoxy groups -OCH3 is 2. The van der Waals surface area contributed by atoms with Crippen molar-refractivity contribution in [2.24, 2.45) is 0 Å². The van der Waals surface area contributed by atoms with Gasteiger partial charge in [0, 0.05) is 38.1 Å².